The molecule has 20 heavy (non-hydrogen) atoms. The van der Waals surface area contributed by atoms with E-state index in [9.17, 15) is 18.5 Å². The molecule has 0 saturated carbocycles. The normalized spacial score (nSPS) is 11.7. The fourth-order valence-corrected chi connectivity index (χ4v) is 2.74. The maximum absolute atomic E-state index is 12.1. The highest BCUT2D eigenvalue weighted by atomic mass is 32.2. The van der Waals surface area contributed by atoms with Crippen molar-refractivity contribution in [3.63, 3.8) is 0 Å². The molecule has 1 rings (SSSR count). The molecule has 0 radical (unpaired) electrons. The number of allylic oxidation sites excluding steroid dienone is 1. The van der Waals surface area contributed by atoms with Gasteiger partial charge in [-0.15, -0.1) is 0 Å². The van der Waals surface area contributed by atoms with Crippen LogP contribution < -0.4 is 9.46 Å². The number of nitrogens with zero attached hydrogens (tertiary/aromatic N) is 1. The number of benzene rings is 1. The Bertz CT molecular complexity index is 610. The number of non-ortho nitro benzene ring substituents is 1. The average Bonchev–Trinajstić information content (AvgIpc) is 2.42. The van der Waals surface area contributed by atoms with Gasteiger partial charge in [-0.3, -0.25) is 10.1 Å². The molecule has 0 spiro atoms. The minimum atomic E-state index is -3.85. The van der Waals surface area contributed by atoms with E-state index in [0.29, 0.717) is 6.42 Å². The molecular weight excluding hydrogens is 284 g/mol. The topological polar surface area (TPSA) is 98.5 Å². The van der Waals surface area contributed by atoms with Gasteiger partial charge in [0.1, 0.15) is 10.6 Å². The Balaban J connectivity index is 3.08. The number of rotatable bonds is 7. The molecule has 1 aromatic carbocycles. The van der Waals surface area contributed by atoms with Gasteiger partial charge in [0.25, 0.3) is 5.69 Å². The molecule has 0 aliphatic carbocycles. The summed E-state index contributed by atoms with van der Waals surface area (Å²) >= 11 is 0. The Hall–Kier alpha value is -1.93. The highest BCUT2D eigenvalue weighted by molar-refractivity contribution is 7.89. The Morgan fingerprint density at radius 1 is 1.45 bits per heavy atom. The van der Waals surface area contributed by atoms with E-state index in [1.54, 1.807) is 0 Å². The van der Waals surface area contributed by atoms with Crippen LogP contribution >= 0.6 is 0 Å². The van der Waals surface area contributed by atoms with Gasteiger partial charge >= 0.3 is 0 Å². The van der Waals surface area contributed by atoms with E-state index in [4.69, 9.17) is 4.74 Å². The summed E-state index contributed by atoms with van der Waals surface area (Å²) in [6.07, 6.45) is 4.16. The molecule has 0 aliphatic heterocycles. The van der Waals surface area contributed by atoms with Crippen molar-refractivity contribution in [2.75, 3.05) is 13.7 Å². The van der Waals surface area contributed by atoms with Gasteiger partial charge in [-0.1, -0.05) is 12.2 Å². The van der Waals surface area contributed by atoms with Crippen molar-refractivity contribution in [3.05, 3.63) is 40.5 Å². The summed E-state index contributed by atoms with van der Waals surface area (Å²) in [6.45, 7) is 2.04. The van der Waals surface area contributed by atoms with E-state index < -0.39 is 14.9 Å². The van der Waals surface area contributed by atoms with Crippen LogP contribution in [0.3, 0.4) is 0 Å². The van der Waals surface area contributed by atoms with Crippen molar-refractivity contribution >= 4 is 15.7 Å². The van der Waals surface area contributed by atoms with Crippen LogP contribution in [-0.4, -0.2) is 27.0 Å². The van der Waals surface area contributed by atoms with E-state index in [0.717, 1.165) is 6.07 Å². The molecule has 0 saturated heterocycles. The van der Waals surface area contributed by atoms with Crippen molar-refractivity contribution < 1.29 is 18.1 Å². The van der Waals surface area contributed by atoms with Gasteiger partial charge in [0.15, 0.2) is 0 Å². The van der Waals surface area contributed by atoms with Gasteiger partial charge in [0.2, 0.25) is 10.0 Å². The number of nitro groups is 1. The lowest BCUT2D eigenvalue weighted by Gasteiger charge is -2.09. The summed E-state index contributed by atoms with van der Waals surface area (Å²) in [4.78, 5) is 9.82. The molecular formula is C12H16N2O5S. The summed E-state index contributed by atoms with van der Waals surface area (Å²) in [7, 11) is -2.55. The molecule has 7 nitrogen and oxygen atoms in total. The number of sulfonamides is 1. The Kier molecular flexibility index (Phi) is 5.66. The Morgan fingerprint density at radius 3 is 2.70 bits per heavy atom. The summed E-state index contributed by atoms with van der Waals surface area (Å²) in [5, 5.41) is 10.7. The quantitative estimate of drug-likeness (QED) is 0.358. The summed E-state index contributed by atoms with van der Waals surface area (Å²) in [5.41, 5.74) is -0.306. The predicted octanol–water partition coefficient (Wildman–Crippen LogP) is 1.85. The zero-order valence-electron chi connectivity index (χ0n) is 11.2. The van der Waals surface area contributed by atoms with Gasteiger partial charge in [-0.25, -0.2) is 13.1 Å². The second-order valence-electron chi connectivity index (χ2n) is 3.85. The number of hydrogen-bond donors (Lipinski definition) is 1. The third-order valence-corrected chi connectivity index (χ3v) is 3.97. The lowest BCUT2D eigenvalue weighted by atomic mass is 10.3. The van der Waals surface area contributed by atoms with Gasteiger partial charge in [-0.2, -0.15) is 0 Å². The molecule has 8 heteroatoms. The van der Waals surface area contributed by atoms with Crippen LogP contribution in [-0.2, 0) is 10.0 Å². The highest BCUT2D eigenvalue weighted by Crippen LogP contribution is 2.27. The third kappa shape index (κ3) is 4.04. The molecule has 1 aromatic rings. The van der Waals surface area contributed by atoms with E-state index >= 15 is 0 Å². The smallest absolute Gasteiger partial charge is 0.271 e. The van der Waals surface area contributed by atoms with Crippen molar-refractivity contribution in [1.29, 1.82) is 0 Å². The summed E-state index contributed by atoms with van der Waals surface area (Å²) in [6, 6.07) is 3.44. The molecule has 0 amide bonds. The van der Waals surface area contributed by atoms with E-state index in [1.165, 1.54) is 19.2 Å². The van der Waals surface area contributed by atoms with E-state index in [-0.39, 0.29) is 22.9 Å². The fourth-order valence-electron chi connectivity index (χ4n) is 1.51. The van der Waals surface area contributed by atoms with E-state index in [2.05, 4.69) is 4.72 Å². The molecule has 1 N–H and O–H groups in total. The third-order valence-electron chi connectivity index (χ3n) is 2.49. The Morgan fingerprint density at radius 2 is 2.15 bits per heavy atom. The molecule has 0 fully saturated rings. The van der Waals surface area contributed by atoms with Gasteiger partial charge in [0, 0.05) is 18.7 Å². The fraction of sp³-hybridized carbons (Fsp3) is 0.333. The average molecular weight is 300 g/mol. The molecule has 0 unspecified atom stereocenters. The highest BCUT2D eigenvalue weighted by Gasteiger charge is 2.22. The Labute approximate surface area is 117 Å². The number of nitrogens with one attached hydrogen (secondary N) is 1. The molecule has 0 aromatic heterocycles. The van der Waals surface area contributed by atoms with Crippen molar-refractivity contribution in [3.8, 4) is 5.75 Å². The number of methoxy groups -OCH3 is 1. The van der Waals surface area contributed by atoms with Crippen molar-refractivity contribution in [1.82, 2.24) is 4.72 Å². The van der Waals surface area contributed by atoms with Crippen LogP contribution in [0.25, 0.3) is 0 Å². The van der Waals surface area contributed by atoms with Crippen LogP contribution in [0.15, 0.2) is 35.2 Å². The first-order valence-electron chi connectivity index (χ1n) is 5.85. The monoisotopic (exact) mass is 300 g/mol. The largest absolute Gasteiger partial charge is 0.495 e. The second-order valence-corrected chi connectivity index (χ2v) is 5.58. The standard InChI is InChI=1S/C12H16N2O5S/c1-3-4-5-8-13-20(17,18)12-9-10(14(15)16)6-7-11(12)19-2/h3-4,6-7,9,13H,5,8H2,1-2H3/b4-3+. The maximum atomic E-state index is 12.1. The molecule has 0 aliphatic rings. The first kappa shape index (κ1) is 16.1. The first-order chi connectivity index (χ1) is 9.42. The van der Waals surface area contributed by atoms with Gasteiger partial charge in [0.05, 0.1) is 12.0 Å². The van der Waals surface area contributed by atoms with Gasteiger partial charge < -0.3 is 4.74 Å². The van der Waals surface area contributed by atoms with Crippen LogP contribution in [0.5, 0.6) is 5.75 Å². The van der Waals surface area contributed by atoms with E-state index in [1.807, 2.05) is 19.1 Å². The molecule has 0 atom stereocenters. The second kappa shape index (κ2) is 7.01. The molecule has 0 bridgehead atoms. The number of nitro benzene ring substituents is 1. The predicted molar refractivity (Wildman–Crippen MR) is 74.3 cm³/mol. The lowest BCUT2D eigenvalue weighted by molar-refractivity contribution is -0.385. The first-order valence-corrected chi connectivity index (χ1v) is 7.34. The van der Waals surface area contributed by atoms with Crippen molar-refractivity contribution in [2.45, 2.75) is 18.2 Å². The zero-order valence-corrected chi connectivity index (χ0v) is 12.0. The minimum Gasteiger partial charge on any atom is -0.495 e. The molecule has 0 heterocycles. The number of ether oxygens (including phenoxy) is 1. The molecule has 110 valence electrons. The maximum Gasteiger partial charge on any atom is 0.271 e. The number of hydrogen-bond acceptors (Lipinski definition) is 5. The van der Waals surface area contributed by atoms with Gasteiger partial charge in [-0.05, 0) is 19.4 Å². The lowest BCUT2D eigenvalue weighted by Crippen LogP contribution is -2.25. The summed E-state index contributed by atoms with van der Waals surface area (Å²) in [5.74, 6) is 0.0640. The summed E-state index contributed by atoms with van der Waals surface area (Å²) < 4.78 is 31.5. The van der Waals surface area contributed by atoms with Crippen LogP contribution in [0.4, 0.5) is 5.69 Å². The van der Waals surface area contributed by atoms with Crippen molar-refractivity contribution in [2.24, 2.45) is 0 Å². The van der Waals surface area contributed by atoms with Crippen LogP contribution in [0.1, 0.15) is 13.3 Å². The van der Waals surface area contributed by atoms with Crippen LogP contribution in [0.2, 0.25) is 0 Å². The SMILES string of the molecule is C/C=C/CCNS(=O)(=O)c1cc([N+](=O)[O-])ccc1OC. The van der Waals surface area contributed by atoms with Crippen LogP contribution in [0, 0.1) is 10.1 Å². The minimum absolute atomic E-state index is 0.0640. The zero-order chi connectivity index (χ0) is 15.2.